The molecule has 1 aliphatic rings. The fourth-order valence-corrected chi connectivity index (χ4v) is 2.62. The van der Waals surface area contributed by atoms with Crippen LogP contribution in [0.15, 0.2) is 24.3 Å². The van der Waals surface area contributed by atoms with E-state index in [-0.39, 0.29) is 18.7 Å². The Balaban J connectivity index is 1.67. The van der Waals surface area contributed by atoms with Crippen molar-refractivity contribution >= 4 is 5.97 Å². The monoisotopic (exact) mass is 307 g/mol. The summed E-state index contributed by atoms with van der Waals surface area (Å²) in [6.45, 7) is 4.86. The van der Waals surface area contributed by atoms with Gasteiger partial charge >= 0.3 is 5.97 Å². The third-order valence-corrected chi connectivity index (χ3v) is 3.71. The van der Waals surface area contributed by atoms with Crippen molar-refractivity contribution in [2.45, 2.75) is 32.3 Å². The van der Waals surface area contributed by atoms with Gasteiger partial charge in [0.2, 0.25) is 0 Å². The van der Waals surface area contributed by atoms with E-state index >= 15 is 0 Å². The van der Waals surface area contributed by atoms with Crippen LogP contribution in [0.3, 0.4) is 0 Å². The van der Waals surface area contributed by atoms with Crippen LogP contribution in [0, 0.1) is 0 Å². The molecule has 0 bridgehead atoms. The molecule has 1 saturated heterocycles. The second-order valence-electron chi connectivity index (χ2n) is 5.63. The Morgan fingerprint density at radius 2 is 1.77 bits per heavy atom. The van der Waals surface area contributed by atoms with E-state index in [4.69, 9.17) is 14.2 Å². The number of piperidine rings is 1. The van der Waals surface area contributed by atoms with Crippen molar-refractivity contribution < 1.29 is 19.0 Å². The summed E-state index contributed by atoms with van der Waals surface area (Å²) in [5.41, 5.74) is 0. The zero-order chi connectivity index (χ0) is 15.8. The van der Waals surface area contributed by atoms with Crippen molar-refractivity contribution in [3.8, 4) is 11.5 Å². The van der Waals surface area contributed by atoms with Crippen LogP contribution >= 0.6 is 0 Å². The summed E-state index contributed by atoms with van der Waals surface area (Å²) in [5.74, 6) is 1.05. The first-order chi connectivity index (χ1) is 10.7. The zero-order valence-electron chi connectivity index (χ0n) is 13.4. The maximum Gasteiger partial charge on any atom is 0.344 e. The molecule has 1 aromatic rings. The van der Waals surface area contributed by atoms with Gasteiger partial charge in [0.05, 0.1) is 7.11 Å². The van der Waals surface area contributed by atoms with E-state index in [0.29, 0.717) is 5.75 Å². The molecule has 0 saturated carbocycles. The van der Waals surface area contributed by atoms with E-state index in [2.05, 4.69) is 4.90 Å². The number of carbonyl (C=O) groups is 1. The van der Waals surface area contributed by atoms with Crippen LogP contribution in [0.5, 0.6) is 11.5 Å². The molecule has 0 spiro atoms. The SMILES string of the molecule is COc1ccc(OCC(=O)O[C@@H](C)CN2CCCCC2)cc1. The predicted octanol–water partition coefficient (Wildman–Crippen LogP) is 2.49. The molecule has 0 unspecified atom stereocenters. The molecule has 22 heavy (non-hydrogen) atoms. The molecule has 5 heteroatoms. The highest BCUT2D eigenvalue weighted by atomic mass is 16.6. The Kier molecular flexibility index (Phi) is 6.52. The Morgan fingerprint density at radius 1 is 1.14 bits per heavy atom. The second kappa shape index (κ2) is 8.63. The fraction of sp³-hybridized carbons (Fsp3) is 0.588. The Labute approximate surface area is 132 Å². The lowest BCUT2D eigenvalue weighted by Gasteiger charge is -2.28. The smallest absolute Gasteiger partial charge is 0.344 e. The molecule has 0 aliphatic carbocycles. The molecule has 0 N–H and O–H groups in total. The molecule has 1 heterocycles. The third-order valence-electron chi connectivity index (χ3n) is 3.71. The summed E-state index contributed by atoms with van der Waals surface area (Å²) in [4.78, 5) is 14.2. The molecule has 0 amide bonds. The van der Waals surface area contributed by atoms with Crippen LogP contribution < -0.4 is 9.47 Å². The van der Waals surface area contributed by atoms with Crippen molar-refractivity contribution in [3.05, 3.63) is 24.3 Å². The number of hydrogen-bond donors (Lipinski definition) is 0. The molecule has 2 rings (SSSR count). The summed E-state index contributed by atoms with van der Waals surface area (Å²) in [6.07, 6.45) is 3.67. The molecular weight excluding hydrogens is 282 g/mol. The highest BCUT2D eigenvalue weighted by Crippen LogP contribution is 2.17. The number of carbonyl (C=O) groups excluding carboxylic acids is 1. The van der Waals surface area contributed by atoms with Gasteiger partial charge in [-0.3, -0.25) is 4.90 Å². The third kappa shape index (κ3) is 5.56. The zero-order valence-corrected chi connectivity index (χ0v) is 13.4. The normalized spacial score (nSPS) is 16.8. The summed E-state index contributed by atoms with van der Waals surface area (Å²) >= 11 is 0. The molecule has 1 fully saturated rings. The summed E-state index contributed by atoms with van der Waals surface area (Å²) in [7, 11) is 1.61. The van der Waals surface area contributed by atoms with Gasteiger partial charge in [0, 0.05) is 6.54 Å². The van der Waals surface area contributed by atoms with E-state index < -0.39 is 0 Å². The fourth-order valence-electron chi connectivity index (χ4n) is 2.62. The van der Waals surface area contributed by atoms with Crippen molar-refractivity contribution in [2.24, 2.45) is 0 Å². The maximum atomic E-state index is 11.8. The number of nitrogens with zero attached hydrogens (tertiary/aromatic N) is 1. The number of methoxy groups -OCH3 is 1. The largest absolute Gasteiger partial charge is 0.497 e. The van der Waals surface area contributed by atoms with Gasteiger partial charge in [0.25, 0.3) is 0 Å². The van der Waals surface area contributed by atoms with Gasteiger partial charge in [-0.05, 0) is 57.1 Å². The average molecular weight is 307 g/mol. The topological polar surface area (TPSA) is 48.0 Å². The molecule has 0 radical (unpaired) electrons. The molecule has 1 aliphatic heterocycles. The van der Waals surface area contributed by atoms with Crippen molar-refractivity contribution in [1.29, 1.82) is 0 Å². The lowest BCUT2D eigenvalue weighted by Crippen LogP contribution is -2.37. The van der Waals surface area contributed by atoms with E-state index in [1.54, 1.807) is 31.4 Å². The first-order valence-corrected chi connectivity index (χ1v) is 7.86. The molecule has 5 nitrogen and oxygen atoms in total. The number of rotatable bonds is 7. The van der Waals surface area contributed by atoms with Crippen LogP contribution in [0.2, 0.25) is 0 Å². The maximum absolute atomic E-state index is 11.8. The molecule has 1 atom stereocenters. The van der Waals surface area contributed by atoms with Gasteiger partial charge < -0.3 is 14.2 Å². The number of esters is 1. The Hall–Kier alpha value is -1.75. The Morgan fingerprint density at radius 3 is 2.41 bits per heavy atom. The summed E-state index contributed by atoms with van der Waals surface area (Å²) < 4.78 is 15.9. The lowest BCUT2D eigenvalue weighted by atomic mass is 10.1. The minimum absolute atomic E-state index is 0.0727. The van der Waals surface area contributed by atoms with Gasteiger partial charge in [-0.1, -0.05) is 6.42 Å². The first-order valence-electron chi connectivity index (χ1n) is 7.86. The van der Waals surface area contributed by atoms with Crippen molar-refractivity contribution in [2.75, 3.05) is 33.4 Å². The quantitative estimate of drug-likeness (QED) is 0.724. The van der Waals surface area contributed by atoms with Gasteiger partial charge in [0.1, 0.15) is 17.6 Å². The van der Waals surface area contributed by atoms with Gasteiger partial charge in [-0.15, -0.1) is 0 Å². The minimum atomic E-state index is -0.333. The van der Waals surface area contributed by atoms with Crippen molar-refractivity contribution in [1.82, 2.24) is 4.90 Å². The summed E-state index contributed by atoms with van der Waals surface area (Å²) in [6, 6.07) is 7.12. The Bertz CT molecular complexity index is 454. The number of likely N-dealkylation sites (tertiary alicyclic amines) is 1. The highest BCUT2D eigenvalue weighted by Gasteiger charge is 2.16. The van der Waals surface area contributed by atoms with Crippen molar-refractivity contribution in [3.63, 3.8) is 0 Å². The average Bonchev–Trinajstić information content (AvgIpc) is 2.54. The van der Waals surface area contributed by atoms with Crippen LogP contribution in [-0.2, 0) is 9.53 Å². The molecule has 0 aromatic heterocycles. The van der Waals surface area contributed by atoms with Gasteiger partial charge in [0.15, 0.2) is 6.61 Å². The molecular formula is C17H25NO4. The first kappa shape index (κ1) is 16.6. The van der Waals surface area contributed by atoms with E-state index in [1.165, 1.54) is 19.3 Å². The molecule has 1 aromatic carbocycles. The van der Waals surface area contributed by atoms with Crippen LogP contribution in [0.1, 0.15) is 26.2 Å². The standard InChI is InChI=1S/C17H25NO4/c1-14(12-18-10-4-3-5-11-18)22-17(19)13-21-16-8-6-15(20-2)7-9-16/h6-9,14H,3-5,10-13H2,1-2H3/t14-/m0/s1. The lowest BCUT2D eigenvalue weighted by molar-refractivity contribution is -0.151. The van der Waals surface area contributed by atoms with E-state index in [0.717, 1.165) is 25.4 Å². The number of ether oxygens (including phenoxy) is 3. The van der Waals surface area contributed by atoms with Gasteiger partial charge in [-0.2, -0.15) is 0 Å². The van der Waals surface area contributed by atoms with Crippen LogP contribution in [0.25, 0.3) is 0 Å². The summed E-state index contributed by atoms with van der Waals surface area (Å²) in [5, 5.41) is 0. The van der Waals surface area contributed by atoms with E-state index in [9.17, 15) is 4.79 Å². The minimum Gasteiger partial charge on any atom is -0.497 e. The van der Waals surface area contributed by atoms with Crippen LogP contribution in [0.4, 0.5) is 0 Å². The predicted molar refractivity (Wildman–Crippen MR) is 84.3 cm³/mol. The van der Waals surface area contributed by atoms with E-state index in [1.807, 2.05) is 6.92 Å². The van der Waals surface area contributed by atoms with Crippen LogP contribution in [-0.4, -0.2) is 50.3 Å². The highest BCUT2D eigenvalue weighted by molar-refractivity contribution is 5.71. The number of hydrogen-bond acceptors (Lipinski definition) is 5. The molecule has 122 valence electrons. The second-order valence-corrected chi connectivity index (χ2v) is 5.63. The van der Waals surface area contributed by atoms with Gasteiger partial charge in [-0.25, -0.2) is 4.79 Å². The number of benzene rings is 1.